The van der Waals surface area contributed by atoms with E-state index >= 15 is 0 Å². The maximum absolute atomic E-state index is 12.0. The fraction of sp³-hybridized carbons (Fsp3) is 0.267. The summed E-state index contributed by atoms with van der Waals surface area (Å²) >= 11 is 6.03. The van der Waals surface area contributed by atoms with Gasteiger partial charge in [0.2, 0.25) is 0 Å². The van der Waals surface area contributed by atoms with E-state index in [-0.39, 0.29) is 18.3 Å². The van der Waals surface area contributed by atoms with Crippen molar-refractivity contribution in [3.05, 3.63) is 63.1 Å². The highest BCUT2D eigenvalue weighted by Crippen LogP contribution is 2.23. The van der Waals surface area contributed by atoms with Crippen LogP contribution in [0.3, 0.4) is 0 Å². The molecule has 0 bridgehead atoms. The summed E-state index contributed by atoms with van der Waals surface area (Å²) in [7, 11) is 1.59. The zero-order chi connectivity index (χ0) is 16.8. The van der Waals surface area contributed by atoms with Crippen molar-refractivity contribution in [1.82, 2.24) is 10.2 Å². The third kappa shape index (κ3) is 4.72. The molecule has 0 radical (unpaired) electrons. The molecule has 8 heteroatoms. The Morgan fingerprint density at radius 2 is 2.22 bits per heavy atom. The van der Waals surface area contributed by atoms with Gasteiger partial charge in [-0.3, -0.25) is 10.1 Å². The van der Waals surface area contributed by atoms with E-state index in [1.54, 1.807) is 19.4 Å². The van der Waals surface area contributed by atoms with Gasteiger partial charge >= 0.3 is 6.03 Å². The van der Waals surface area contributed by atoms with Crippen LogP contribution in [0, 0.1) is 10.1 Å². The van der Waals surface area contributed by atoms with Gasteiger partial charge in [0.15, 0.2) is 0 Å². The van der Waals surface area contributed by atoms with E-state index in [0.717, 1.165) is 5.76 Å². The van der Waals surface area contributed by atoms with E-state index < -0.39 is 4.92 Å². The van der Waals surface area contributed by atoms with E-state index in [9.17, 15) is 14.9 Å². The van der Waals surface area contributed by atoms with Crippen LogP contribution >= 0.6 is 11.6 Å². The van der Waals surface area contributed by atoms with Gasteiger partial charge in [-0.15, -0.1) is 0 Å². The maximum atomic E-state index is 12.0. The average molecular weight is 338 g/mol. The number of nitro benzene ring substituents is 1. The predicted molar refractivity (Wildman–Crippen MR) is 85.4 cm³/mol. The zero-order valence-electron chi connectivity index (χ0n) is 12.5. The molecule has 0 aliphatic heterocycles. The highest BCUT2D eigenvalue weighted by Gasteiger charge is 2.14. The second-order valence-corrected chi connectivity index (χ2v) is 5.36. The molecule has 122 valence electrons. The number of non-ortho nitro benzene ring substituents is 1. The summed E-state index contributed by atoms with van der Waals surface area (Å²) in [5.74, 6) is 0.787. The van der Waals surface area contributed by atoms with E-state index in [1.807, 2.05) is 6.07 Å². The molecular formula is C15H16ClN3O4. The van der Waals surface area contributed by atoms with Crippen molar-refractivity contribution >= 4 is 23.3 Å². The van der Waals surface area contributed by atoms with Crippen LogP contribution in [0.1, 0.15) is 11.3 Å². The second-order valence-electron chi connectivity index (χ2n) is 4.95. The van der Waals surface area contributed by atoms with Crippen molar-refractivity contribution in [2.24, 2.45) is 0 Å². The van der Waals surface area contributed by atoms with E-state index in [2.05, 4.69) is 5.32 Å². The fourth-order valence-corrected chi connectivity index (χ4v) is 2.18. The van der Waals surface area contributed by atoms with E-state index in [4.69, 9.17) is 16.0 Å². The summed E-state index contributed by atoms with van der Waals surface area (Å²) in [6.45, 7) is 0.604. The Kier molecular flexibility index (Phi) is 5.59. The Morgan fingerprint density at radius 1 is 1.43 bits per heavy atom. The van der Waals surface area contributed by atoms with Crippen LogP contribution < -0.4 is 5.32 Å². The van der Waals surface area contributed by atoms with Gasteiger partial charge in [0.1, 0.15) is 5.76 Å². The lowest BCUT2D eigenvalue weighted by molar-refractivity contribution is -0.384. The summed E-state index contributed by atoms with van der Waals surface area (Å²) in [4.78, 5) is 23.7. The minimum Gasteiger partial charge on any atom is -0.469 e. The lowest BCUT2D eigenvalue weighted by Gasteiger charge is -2.18. The van der Waals surface area contributed by atoms with Crippen molar-refractivity contribution in [3.8, 4) is 0 Å². The molecule has 2 amide bonds. The van der Waals surface area contributed by atoms with E-state index in [0.29, 0.717) is 23.6 Å². The summed E-state index contributed by atoms with van der Waals surface area (Å²) in [5.41, 5.74) is 0.459. The third-order valence-corrected chi connectivity index (χ3v) is 3.59. The third-order valence-electron chi connectivity index (χ3n) is 3.22. The molecule has 0 atom stereocenters. The first-order chi connectivity index (χ1) is 11.0. The lowest BCUT2D eigenvalue weighted by Crippen LogP contribution is -2.37. The molecule has 7 nitrogen and oxygen atoms in total. The standard InChI is InChI=1S/C15H16ClN3O4/c1-18(15(20)17-7-6-13-3-2-8-23-13)10-11-9-12(19(21)22)4-5-14(11)16/h2-5,8-9H,6-7,10H2,1H3,(H,17,20). The Morgan fingerprint density at radius 3 is 2.87 bits per heavy atom. The molecular weight excluding hydrogens is 322 g/mol. The molecule has 0 aliphatic carbocycles. The SMILES string of the molecule is CN(Cc1cc([N+](=O)[O-])ccc1Cl)C(=O)NCCc1ccco1. The number of urea groups is 1. The van der Waals surface area contributed by atoms with Gasteiger partial charge < -0.3 is 14.6 Å². The monoisotopic (exact) mass is 337 g/mol. The van der Waals surface area contributed by atoms with Crippen LogP contribution in [0.15, 0.2) is 41.0 Å². The number of hydrogen-bond acceptors (Lipinski definition) is 4. The van der Waals surface area contributed by atoms with Crippen molar-refractivity contribution in [3.63, 3.8) is 0 Å². The van der Waals surface area contributed by atoms with Crippen molar-refractivity contribution in [2.75, 3.05) is 13.6 Å². The smallest absolute Gasteiger partial charge is 0.317 e. The van der Waals surface area contributed by atoms with Gasteiger partial charge in [-0.05, 0) is 23.8 Å². The first-order valence-corrected chi connectivity index (χ1v) is 7.29. The first-order valence-electron chi connectivity index (χ1n) is 6.91. The van der Waals surface area contributed by atoms with Gasteiger partial charge in [-0.2, -0.15) is 0 Å². The van der Waals surface area contributed by atoms with Gasteiger partial charge in [-0.1, -0.05) is 11.6 Å². The first kappa shape index (κ1) is 16.8. The predicted octanol–water partition coefficient (Wildman–Crippen LogP) is 3.23. The second kappa shape index (κ2) is 7.64. The molecule has 0 fully saturated rings. The Balaban J connectivity index is 1.90. The summed E-state index contributed by atoms with van der Waals surface area (Å²) in [5, 5.41) is 13.9. The highest BCUT2D eigenvalue weighted by atomic mass is 35.5. The molecule has 2 rings (SSSR count). The molecule has 23 heavy (non-hydrogen) atoms. The maximum Gasteiger partial charge on any atom is 0.317 e. The van der Waals surface area contributed by atoms with Crippen LogP contribution in [0.5, 0.6) is 0 Å². The number of amides is 2. The molecule has 1 heterocycles. The number of halogens is 1. The van der Waals surface area contributed by atoms with Crippen molar-refractivity contribution < 1.29 is 14.1 Å². The summed E-state index contributed by atoms with van der Waals surface area (Å²) < 4.78 is 5.18. The Hall–Kier alpha value is -2.54. The van der Waals surface area contributed by atoms with Crippen LogP contribution in [-0.2, 0) is 13.0 Å². The molecule has 1 aromatic carbocycles. The number of nitrogens with one attached hydrogen (secondary N) is 1. The lowest BCUT2D eigenvalue weighted by atomic mass is 10.2. The quantitative estimate of drug-likeness (QED) is 0.647. The average Bonchev–Trinajstić information content (AvgIpc) is 3.02. The molecule has 0 unspecified atom stereocenters. The molecule has 0 spiro atoms. The van der Waals surface area contributed by atoms with Gasteiger partial charge in [0, 0.05) is 43.7 Å². The van der Waals surface area contributed by atoms with Crippen molar-refractivity contribution in [1.29, 1.82) is 0 Å². The molecule has 0 saturated heterocycles. The Labute approximate surface area is 138 Å². The van der Waals surface area contributed by atoms with E-state index in [1.165, 1.54) is 23.1 Å². The molecule has 2 aromatic rings. The number of nitro groups is 1. The Bertz CT molecular complexity index is 688. The topological polar surface area (TPSA) is 88.6 Å². The van der Waals surface area contributed by atoms with Crippen LogP contribution in [0.25, 0.3) is 0 Å². The van der Waals surface area contributed by atoms with Gasteiger partial charge in [-0.25, -0.2) is 4.79 Å². The number of benzene rings is 1. The normalized spacial score (nSPS) is 10.3. The van der Waals surface area contributed by atoms with Crippen LogP contribution in [0.4, 0.5) is 10.5 Å². The zero-order valence-corrected chi connectivity index (χ0v) is 13.2. The van der Waals surface area contributed by atoms with Crippen LogP contribution in [-0.4, -0.2) is 29.4 Å². The molecule has 0 aliphatic rings. The number of carbonyl (C=O) groups excluding carboxylic acids is 1. The number of rotatable bonds is 6. The molecule has 1 aromatic heterocycles. The largest absolute Gasteiger partial charge is 0.469 e. The number of furan rings is 1. The summed E-state index contributed by atoms with van der Waals surface area (Å²) in [6, 6.07) is 7.48. The van der Waals surface area contributed by atoms with Crippen molar-refractivity contribution in [2.45, 2.75) is 13.0 Å². The number of nitrogens with zero attached hydrogens (tertiary/aromatic N) is 2. The molecule has 0 saturated carbocycles. The number of carbonyl (C=O) groups is 1. The van der Waals surface area contributed by atoms with Crippen LogP contribution in [0.2, 0.25) is 5.02 Å². The van der Waals surface area contributed by atoms with Gasteiger partial charge in [0.25, 0.3) is 5.69 Å². The fourth-order valence-electron chi connectivity index (χ4n) is 2.01. The highest BCUT2D eigenvalue weighted by molar-refractivity contribution is 6.31. The summed E-state index contributed by atoms with van der Waals surface area (Å²) in [6.07, 6.45) is 2.16. The minimum atomic E-state index is -0.497. The molecule has 1 N–H and O–H groups in total. The van der Waals surface area contributed by atoms with Gasteiger partial charge in [0.05, 0.1) is 11.2 Å². The number of hydrogen-bond donors (Lipinski definition) is 1. The minimum absolute atomic E-state index is 0.0592.